The average molecular weight is 450 g/mol. The maximum absolute atomic E-state index is 10.3. The van der Waals surface area contributed by atoms with E-state index in [9.17, 15) is 20.4 Å². The Labute approximate surface area is 194 Å². The number of rotatable bonds is 1. The van der Waals surface area contributed by atoms with E-state index in [-0.39, 0.29) is 5.41 Å². The predicted octanol–water partition coefficient (Wildman–Crippen LogP) is 1.18. The minimum atomic E-state index is -1.42. The minimum absolute atomic E-state index is 0.0238. The third-order valence-corrected chi connectivity index (χ3v) is 7.61. The number of ether oxygens (including phenoxy) is 1. The molecular weight excluding hydrogens is 418 g/mol. The van der Waals surface area contributed by atoms with Gasteiger partial charge in [-0.25, -0.2) is 0 Å². The zero-order valence-corrected chi connectivity index (χ0v) is 19.0. The van der Waals surface area contributed by atoms with Gasteiger partial charge in [-0.2, -0.15) is 0 Å². The Morgan fingerprint density at radius 2 is 1.64 bits per heavy atom. The number of piperidine rings is 1. The van der Waals surface area contributed by atoms with E-state index in [0.29, 0.717) is 0 Å². The lowest BCUT2D eigenvalue weighted by atomic mass is 9.70. The molecule has 2 heterocycles. The van der Waals surface area contributed by atoms with Gasteiger partial charge in [0.2, 0.25) is 0 Å². The van der Waals surface area contributed by atoms with Crippen molar-refractivity contribution >= 4 is 0 Å². The lowest BCUT2D eigenvalue weighted by Gasteiger charge is -2.39. The minimum Gasteiger partial charge on any atom is -0.394 e. The Kier molecular flexibility index (Phi) is 5.82. The van der Waals surface area contributed by atoms with Crippen molar-refractivity contribution in [1.29, 1.82) is 0 Å². The number of hydrogen-bond acceptors (Lipinski definition) is 6. The summed E-state index contributed by atoms with van der Waals surface area (Å²) in [4.78, 5) is 2.38. The maximum atomic E-state index is 10.3. The molecule has 0 saturated carbocycles. The van der Waals surface area contributed by atoms with Gasteiger partial charge >= 0.3 is 0 Å². The molecule has 0 radical (unpaired) electrons. The average Bonchev–Trinajstić information content (AvgIpc) is 3.07. The topological polar surface area (TPSA) is 93.4 Å². The molecule has 0 aromatic heterocycles. The van der Waals surface area contributed by atoms with E-state index >= 15 is 0 Å². The molecule has 33 heavy (non-hydrogen) atoms. The third kappa shape index (κ3) is 3.70. The second-order valence-corrected chi connectivity index (χ2v) is 9.71. The zero-order chi connectivity index (χ0) is 23.3. The molecule has 2 aromatic rings. The van der Waals surface area contributed by atoms with Crippen LogP contribution in [-0.4, -0.2) is 82.6 Å². The van der Waals surface area contributed by atoms with Crippen molar-refractivity contribution < 1.29 is 25.2 Å². The predicted molar refractivity (Wildman–Crippen MR) is 125 cm³/mol. The highest BCUT2D eigenvalue weighted by Gasteiger charge is 2.45. The van der Waals surface area contributed by atoms with Crippen molar-refractivity contribution in [2.24, 2.45) is 0 Å². The Morgan fingerprint density at radius 1 is 0.970 bits per heavy atom. The van der Waals surface area contributed by atoms with Gasteiger partial charge < -0.3 is 30.1 Å². The van der Waals surface area contributed by atoms with E-state index in [0.717, 1.165) is 31.5 Å². The molecule has 1 aliphatic carbocycles. The molecule has 2 fully saturated rings. The molecule has 0 bridgehead atoms. The van der Waals surface area contributed by atoms with Crippen LogP contribution in [0, 0.1) is 18.8 Å². The fourth-order valence-corrected chi connectivity index (χ4v) is 5.60. The summed E-state index contributed by atoms with van der Waals surface area (Å²) in [5.74, 6) is 6.01. The van der Waals surface area contributed by atoms with Crippen molar-refractivity contribution in [1.82, 2.24) is 4.90 Å². The first kappa shape index (κ1) is 22.5. The van der Waals surface area contributed by atoms with E-state index in [4.69, 9.17) is 4.74 Å². The summed E-state index contributed by atoms with van der Waals surface area (Å²) in [5.41, 5.74) is 7.32. The summed E-state index contributed by atoms with van der Waals surface area (Å²) >= 11 is 0. The number of likely N-dealkylation sites (tertiary alicyclic amines) is 1. The molecule has 2 aromatic carbocycles. The fraction of sp³-hybridized carbons (Fsp3) is 0.481. The standard InChI is InChI=1S/C27H31NO5/c1-16-3-6-18-19-7-4-17(5-8-22-24(30)26(32)25(31)23(15-29)33-22)14-21(19)27(20(18)13-16)9-11-28(2)12-10-27/h3-4,6-7,13-14,22-26,29-32H,9-12,15H2,1-2H3/t22-,23-,24-,25-,26-/m1/s1. The van der Waals surface area contributed by atoms with Crippen molar-refractivity contribution in [3.63, 3.8) is 0 Å². The maximum Gasteiger partial charge on any atom is 0.147 e. The second kappa shape index (κ2) is 8.52. The van der Waals surface area contributed by atoms with Crippen LogP contribution >= 0.6 is 0 Å². The first-order chi connectivity index (χ1) is 15.8. The molecule has 1 spiro atoms. The monoisotopic (exact) mass is 449 g/mol. The molecule has 4 N–H and O–H groups in total. The number of aryl methyl sites for hydroxylation is 1. The van der Waals surface area contributed by atoms with Gasteiger partial charge in [-0.1, -0.05) is 41.7 Å². The van der Waals surface area contributed by atoms with E-state index < -0.39 is 37.1 Å². The summed E-state index contributed by atoms with van der Waals surface area (Å²) in [7, 11) is 2.17. The molecule has 2 aliphatic heterocycles. The second-order valence-electron chi connectivity index (χ2n) is 9.71. The van der Waals surface area contributed by atoms with Gasteiger partial charge in [0.05, 0.1) is 6.61 Å². The fourth-order valence-electron chi connectivity index (χ4n) is 5.60. The van der Waals surface area contributed by atoms with Crippen LogP contribution in [0.2, 0.25) is 0 Å². The molecule has 2 saturated heterocycles. The van der Waals surface area contributed by atoms with Crippen LogP contribution in [-0.2, 0) is 10.2 Å². The molecule has 3 aliphatic rings. The van der Waals surface area contributed by atoms with Crippen molar-refractivity contribution in [2.75, 3.05) is 26.7 Å². The normalized spacial score (nSPS) is 30.4. The zero-order valence-electron chi connectivity index (χ0n) is 19.0. The van der Waals surface area contributed by atoms with Crippen LogP contribution in [0.25, 0.3) is 11.1 Å². The number of benzene rings is 2. The molecular formula is C27H31NO5. The van der Waals surface area contributed by atoms with Crippen molar-refractivity contribution in [3.8, 4) is 23.0 Å². The van der Waals surface area contributed by atoms with Crippen LogP contribution in [0.1, 0.15) is 35.1 Å². The SMILES string of the molecule is Cc1ccc2c(c1)C1(CCN(C)CC1)c1cc(C#C[C@H]3O[C@H](CO)[C@@H](O)[C@H](O)[C@@H]3O)ccc1-2. The van der Waals surface area contributed by atoms with Crippen LogP contribution in [0.15, 0.2) is 36.4 Å². The van der Waals surface area contributed by atoms with Crippen LogP contribution in [0.4, 0.5) is 0 Å². The first-order valence-electron chi connectivity index (χ1n) is 11.6. The van der Waals surface area contributed by atoms with Gasteiger partial charge in [0.1, 0.15) is 30.5 Å². The Hall–Kier alpha value is -2.24. The molecule has 174 valence electrons. The van der Waals surface area contributed by atoms with Gasteiger partial charge in [-0.3, -0.25) is 0 Å². The van der Waals surface area contributed by atoms with Crippen LogP contribution in [0.3, 0.4) is 0 Å². The number of nitrogens with zero attached hydrogens (tertiary/aromatic N) is 1. The molecule has 5 atom stereocenters. The molecule has 5 rings (SSSR count). The number of hydrogen-bond donors (Lipinski definition) is 4. The Morgan fingerprint density at radius 3 is 2.33 bits per heavy atom. The molecule has 0 amide bonds. The summed E-state index contributed by atoms with van der Waals surface area (Å²) in [6.07, 6.45) is -4.00. The summed E-state index contributed by atoms with van der Waals surface area (Å²) in [6, 6.07) is 13.0. The van der Waals surface area contributed by atoms with Gasteiger partial charge in [-0.05, 0) is 74.3 Å². The third-order valence-electron chi connectivity index (χ3n) is 7.61. The van der Waals surface area contributed by atoms with E-state index in [1.165, 1.54) is 27.8 Å². The van der Waals surface area contributed by atoms with Crippen molar-refractivity contribution in [2.45, 2.75) is 55.7 Å². The van der Waals surface area contributed by atoms with Gasteiger partial charge in [-0.15, -0.1) is 0 Å². The highest BCUT2D eigenvalue weighted by Crippen LogP contribution is 2.54. The molecule has 6 heteroatoms. The molecule has 0 unspecified atom stereocenters. The van der Waals surface area contributed by atoms with E-state index in [1.807, 2.05) is 6.07 Å². The van der Waals surface area contributed by atoms with Crippen molar-refractivity contribution in [3.05, 3.63) is 58.7 Å². The largest absolute Gasteiger partial charge is 0.394 e. The highest BCUT2D eigenvalue weighted by molar-refractivity contribution is 5.82. The number of aliphatic hydroxyl groups excluding tert-OH is 4. The van der Waals surface area contributed by atoms with Gasteiger partial charge in [0.25, 0.3) is 0 Å². The van der Waals surface area contributed by atoms with Gasteiger partial charge in [0.15, 0.2) is 0 Å². The lowest BCUT2D eigenvalue weighted by molar-refractivity contribution is -0.214. The summed E-state index contributed by atoms with van der Waals surface area (Å²) in [5, 5.41) is 39.7. The highest BCUT2D eigenvalue weighted by atomic mass is 16.5. The van der Waals surface area contributed by atoms with E-state index in [2.05, 4.69) is 61.0 Å². The van der Waals surface area contributed by atoms with Crippen LogP contribution in [0.5, 0.6) is 0 Å². The first-order valence-corrected chi connectivity index (χ1v) is 11.6. The lowest BCUT2D eigenvalue weighted by Crippen LogP contribution is -2.58. The van der Waals surface area contributed by atoms with Crippen LogP contribution < -0.4 is 0 Å². The number of fused-ring (bicyclic) bond motifs is 5. The number of aliphatic hydroxyl groups is 4. The smallest absolute Gasteiger partial charge is 0.147 e. The Balaban J connectivity index is 1.51. The van der Waals surface area contributed by atoms with E-state index in [1.54, 1.807) is 0 Å². The summed E-state index contributed by atoms with van der Waals surface area (Å²) < 4.78 is 5.54. The Bertz CT molecular complexity index is 1110. The quantitative estimate of drug-likeness (QED) is 0.489. The summed E-state index contributed by atoms with van der Waals surface area (Å²) in [6.45, 7) is 3.75. The van der Waals surface area contributed by atoms with Gasteiger partial charge in [0, 0.05) is 11.0 Å². The molecule has 6 nitrogen and oxygen atoms in total.